The van der Waals surface area contributed by atoms with Gasteiger partial charge in [0.1, 0.15) is 5.75 Å². The van der Waals surface area contributed by atoms with Crippen molar-refractivity contribution in [2.75, 3.05) is 0 Å². The minimum absolute atomic E-state index is 0.208. The van der Waals surface area contributed by atoms with E-state index in [9.17, 15) is 4.79 Å². The van der Waals surface area contributed by atoms with Crippen molar-refractivity contribution in [2.24, 2.45) is 0 Å². The second-order valence-electron chi connectivity index (χ2n) is 4.32. The maximum absolute atomic E-state index is 11.6. The van der Waals surface area contributed by atoms with E-state index in [1.54, 1.807) is 0 Å². The van der Waals surface area contributed by atoms with Crippen LogP contribution >= 0.6 is 0 Å². The summed E-state index contributed by atoms with van der Waals surface area (Å²) in [5.41, 5.74) is 1.25. The van der Waals surface area contributed by atoms with E-state index in [2.05, 4.69) is 13.0 Å². The lowest BCUT2D eigenvalue weighted by atomic mass is 9.96. The maximum Gasteiger partial charge on any atom is 0.173 e. The lowest BCUT2D eigenvalue weighted by molar-refractivity contribution is -0.127. The second-order valence-corrected chi connectivity index (χ2v) is 4.32. The van der Waals surface area contributed by atoms with Crippen LogP contribution < -0.4 is 4.74 Å². The fourth-order valence-corrected chi connectivity index (χ4v) is 2.08. The monoisotopic (exact) mass is 218 g/mol. The van der Waals surface area contributed by atoms with E-state index in [0.717, 1.165) is 31.4 Å². The molecule has 1 unspecified atom stereocenters. The highest BCUT2D eigenvalue weighted by atomic mass is 16.5. The zero-order valence-corrected chi connectivity index (χ0v) is 9.74. The summed E-state index contributed by atoms with van der Waals surface area (Å²) in [4.78, 5) is 11.6. The van der Waals surface area contributed by atoms with Crippen LogP contribution in [0.15, 0.2) is 24.3 Å². The molecule has 1 aliphatic rings. The zero-order chi connectivity index (χ0) is 11.4. The molecular formula is C14H18O2. The Morgan fingerprint density at radius 1 is 1.38 bits per heavy atom. The molecule has 1 aromatic rings. The van der Waals surface area contributed by atoms with Crippen molar-refractivity contribution in [3.8, 4) is 5.75 Å². The Kier molecular flexibility index (Phi) is 3.60. The average molecular weight is 218 g/mol. The van der Waals surface area contributed by atoms with Gasteiger partial charge in [0.05, 0.1) is 0 Å². The first-order chi connectivity index (χ1) is 7.79. The number of carbonyl (C=O) groups is 1. The van der Waals surface area contributed by atoms with Gasteiger partial charge in [-0.1, -0.05) is 19.1 Å². The summed E-state index contributed by atoms with van der Waals surface area (Å²) in [6.45, 7) is 2.12. The van der Waals surface area contributed by atoms with E-state index in [0.29, 0.717) is 6.42 Å². The van der Waals surface area contributed by atoms with Crippen LogP contribution in [0.1, 0.15) is 38.2 Å². The summed E-state index contributed by atoms with van der Waals surface area (Å²) < 4.78 is 5.76. The molecule has 1 saturated carbocycles. The van der Waals surface area contributed by atoms with E-state index in [1.165, 1.54) is 5.56 Å². The molecule has 0 heterocycles. The summed E-state index contributed by atoms with van der Waals surface area (Å²) in [6.07, 6.45) is 4.46. The fourth-order valence-electron chi connectivity index (χ4n) is 2.08. The SMILES string of the molecule is CCc1cccc(OC2CCCCC2=O)c1. The molecule has 16 heavy (non-hydrogen) atoms. The molecule has 86 valence electrons. The van der Waals surface area contributed by atoms with Gasteiger partial charge in [0.25, 0.3) is 0 Å². The van der Waals surface area contributed by atoms with Crippen LogP contribution in [0.5, 0.6) is 5.75 Å². The van der Waals surface area contributed by atoms with Gasteiger partial charge in [-0.15, -0.1) is 0 Å². The van der Waals surface area contributed by atoms with Crippen molar-refractivity contribution in [1.29, 1.82) is 0 Å². The van der Waals surface area contributed by atoms with Gasteiger partial charge in [0.2, 0.25) is 0 Å². The van der Waals surface area contributed by atoms with Crippen molar-refractivity contribution < 1.29 is 9.53 Å². The van der Waals surface area contributed by atoms with Crippen LogP contribution in [0, 0.1) is 0 Å². The number of carbonyl (C=O) groups excluding carboxylic acids is 1. The number of ether oxygens (including phenoxy) is 1. The Morgan fingerprint density at radius 3 is 3.00 bits per heavy atom. The third-order valence-corrected chi connectivity index (χ3v) is 3.08. The smallest absolute Gasteiger partial charge is 0.173 e. The van der Waals surface area contributed by atoms with Gasteiger partial charge in [-0.25, -0.2) is 0 Å². The first-order valence-corrected chi connectivity index (χ1v) is 6.08. The van der Waals surface area contributed by atoms with Gasteiger partial charge < -0.3 is 4.74 Å². The normalized spacial score (nSPS) is 20.8. The fraction of sp³-hybridized carbons (Fsp3) is 0.500. The Hall–Kier alpha value is -1.31. The lowest BCUT2D eigenvalue weighted by Crippen LogP contribution is -2.30. The third kappa shape index (κ3) is 2.63. The zero-order valence-electron chi connectivity index (χ0n) is 9.74. The van der Waals surface area contributed by atoms with E-state index in [4.69, 9.17) is 4.74 Å². The number of hydrogen-bond donors (Lipinski definition) is 0. The molecule has 0 aliphatic heterocycles. The molecule has 1 fully saturated rings. The number of Topliss-reactive ketones (excluding diaryl/α,β-unsaturated/α-hetero) is 1. The standard InChI is InChI=1S/C14H18O2/c1-2-11-6-5-7-12(10-11)16-14-9-4-3-8-13(14)15/h5-7,10,14H,2-4,8-9H2,1H3. The molecule has 0 amide bonds. The largest absolute Gasteiger partial charge is 0.483 e. The Balaban J connectivity index is 2.04. The topological polar surface area (TPSA) is 26.3 Å². The molecule has 2 rings (SSSR count). The van der Waals surface area contributed by atoms with Crippen molar-refractivity contribution in [1.82, 2.24) is 0 Å². The van der Waals surface area contributed by atoms with Crippen molar-refractivity contribution in [3.05, 3.63) is 29.8 Å². The third-order valence-electron chi connectivity index (χ3n) is 3.08. The quantitative estimate of drug-likeness (QED) is 0.779. The summed E-state index contributed by atoms with van der Waals surface area (Å²) in [6, 6.07) is 8.03. The number of rotatable bonds is 3. The molecule has 2 nitrogen and oxygen atoms in total. The summed E-state index contributed by atoms with van der Waals surface area (Å²) in [5.74, 6) is 1.09. The number of benzene rings is 1. The molecule has 0 saturated heterocycles. The molecular weight excluding hydrogens is 200 g/mol. The van der Waals surface area contributed by atoms with Gasteiger partial charge in [-0.2, -0.15) is 0 Å². The highest BCUT2D eigenvalue weighted by Gasteiger charge is 2.23. The second kappa shape index (κ2) is 5.15. The Labute approximate surface area is 96.6 Å². The van der Waals surface area contributed by atoms with Gasteiger partial charge in [-0.05, 0) is 43.4 Å². The summed E-state index contributed by atoms with van der Waals surface area (Å²) in [5, 5.41) is 0. The van der Waals surface area contributed by atoms with Crippen LogP contribution in [0.2, 0.25) is 0 Å². The van der Waals surface area contributed by atoms with E-state index in [1.807, 2.05) is 18.2 Å². The first-order valence-electron chi connectivity index (χ1n) is 6.08. The molecule has 0 bridgehead atoms. The van der Waals surface area contributed by atoms with E-state index in [-0.39, 0.29) is 11.9 Å². The van der Waals surface area contributed by atoms with E-state index >= 15 is 0 Å². The van der Waals surface area contributed by atoms with Crippen LogP contribution in [-0.2, 0) is 11.2 Å². The summed E-state index contributed by atoms with van der Waals surface area (Å²) >= 11 is 0. The minimum Gasteiger partial charge on any atom is -0.483 e. The Morgan fingerprint density at radius 2 is 2.25 bits per heavy atom. The minimum atomic E-state index is -0.208. The molecule has 0 aromatic heterocycles. The predicted octanol–water partition coefficient (Wildman–Crippen LogP) is 3.14. The number of ketones is 1. The highest BCUT2D eigenvalue weighted by Crippen LogP contribution is 2.22. The maximum atomic E-state index is 11.6. The van der Waals surface area contributed by atoms with Gasteiger partial charge >= 0.3 is 0 Å². The Bertz CT molecular complexity index is 371. The van der Waals surface area contributed by atoms with Gasteiger partial charge in [-0.3, -0.25) is 4.79 Å². The first kappa shape index (κ1) is 11.2. The molecule has 1 atom stereocenters. The van der Waals surface area contributed by atoms with Gasteiger partial charge in [0, 0.05) is 6.42 Å². The van der Waals surface area contributed by atoms with Crippen LogP contribution in [0.3, 0.4) is 0 Å². The predicted molar refractivity (Wildman–Crippen MR) is 63.7 cm³/mol. The molecule has 0 radical (unpaired) electrons. The molecule has 1 aliphatic carbocycles. The van der Waals surface area contributed by atoms with Crippen molar-refractivity contribution in [3.63, 3.8) is 0 Å². The average Bonchev–Trinajstić information content (AvgIpc) is 2.32. The molecule has 2 heteroatoms. The van der Waals surface area contributed by atoms with Crippen molar-refractivity contribution in [2.45, 2.75) is 45.1 Å². The van der Waals surface area contributed by atoms with Crippen LogP contribution in [0.25, 0.3) is 0 Å². The van der Waals surface area contributed by atoms with E-state index < -0.39 is 0 Å². The molecule has 1 aromatic carbocycles. The summed E-state index contributed by atoms with van der Waals surface area (Å²) in [7, 11) is 0. The van der Waals surface area contributed by atoms with Crippen LogP contribution in [-0.4, -0.2) is 11.9 Å². The highest BCUT2D eigenvalue weighted by molar-refractivity contribution is 5.84. The number of aryl methyl sites for hydroxylation is 1. The molecule has 0 N–H and O–H groups in total. The van der Waals surface area contributed by atoms with Gasteiger partial charge in [0.15, 0.2) is 11.9 Å². The van der Waals surface area contributed by atoms with Crippen LogP contribution in [0.4, 0.5) is 0 Å². The number of hydrogen-bond acceptors (Lipinski definition) is 2. The molecule has 0 spiro atoms. The van der Waals surface area contributed by atoms with Crippen molar-refractivity contribution >= 4 is 5.78 Å². The lowest BCUT2D eigenvalue weighted by Gasteiger charge is -2.22.